The van der Waals surface area contributed by atoms with Crippen molar-refractivity contribution in [3.8, 4) is 17.2 Å². The number of thiophene rings is 1. The zero-order valence-electron chi connectivity index (χ0n) is 20.2. The van der Waals surface area contributed by atoms with Gasteiger partial charge in [-0.2, -0.15) is 9.78 Å². The van der Waals surface area contributed by atoms with E-state index in [0.717, 1.165) is 16.0 Å². The third-order valence-electron chi connectivity index (χ3n) is 5.15. The highest BCUT2D eigenvalue weighted by atomic mass is 32.1. The van der Waals surface area contributed by atoms with Crippen LogP contribution in [0, 0.1) is 0 Å². The minimum absolute atomic E-state index is 0.0113. The Hall–Kier alpha value is -4.18. The van der Waals surface area contributed by atoms with E-state index in [1.54, 1.807) is 60.8 Å². The summed E-state index contributed by atoms with van der Waals surface area (Å²) < 4.78 is 17.1. The van der Waals surface area contributed by atoms with Crippen molar-refractivity contribution in [3.05, 3.63) is 75.5 Å². The lowest BCUT2D eigenvalue weighted by atomic mass is 10.2. The summed E-state index contributed by atoms with van der Waals surface area (Å²) in [6, 6.07) is 13.4. The van der Waals surface area contributed by atoms with E-state index in [1.165, 1.54) is 7.11 Å². The third kappa shape index (κ3) is 5.08. The highest BCUT2D eigenvalue weighted by Crippen LogP contribution is 2.31. The van der Waals surface area contributed by atoms with Crippen LogP contribution in [0.15, 0.2) is 58.7 Å². The van der Waals surface area contributed by atoms with Crippen LogP contribution in [-0.2, 0) is 4.74 Å². The van der Waals surface area contributed by atoms with Crippen molar-refractivity contribution in [2.75, 3.05) is 19.0 Å². The molecule has 0 aliphatic rings. The maximum absolute atomic E-state index is 13.5. The predicted octanol–water partition coefficient (Wildman–Crippen LogP) is 4.67. The molecule has 0 unspecified atom stereocenters. The molecule has 4 aromatic rings. The first-order chi connectivity index (χ1) is 17.3. The lowest BCUT2D eigenvalue weighted by Gasteiger charge is -2.11. The van der Waals surface area contributed by atoms with Crippen LogP contribution in [0.3, 0.4) is 0 Å². The number of nitrogens with zero attached hydrogens (tertiary/aromatic N) is 2. The molecule has 2 aromatic carbocycles. The first-order valence-electron chi connectivity index (χ1n) is 11.3. The number of aromatic nitrogens is 2. The number of fused-ring (bicyclic) bond motifs is 1. The molecule has 0 fully saturated rings. The summed E-state index contributed by atoms with van der Waals surface area (Å²) in [7, 11) is 1.54. The van der Waals surface area contributed by atoms with Gasteiger partial charge in [-0.15, -0.1) is 11.3 Å². The van der Waals surface area contributed by atoms with Crippen LogP contribution in [0.2, 0.25) is 0 Å². The Balaban J connectivity index is 1.77. The molecule has 2 aromatic heterocycles. The second-order valence-electron chi connectivity index (χ2n) is 7.98. The van der Waals surface area contributed by atoms with E-state index in [4.69, 9.17) is 14.2 Å². The molecule has 186 valence electrons. The van der Waals surface area contributed by atoms with Crippen molar-refractivity contribution in [1.82, 2.24) is 9.78 Å². The molecule has 0 saturated heterocycles. The van der Waals surface area contributed by atoms with Crippen LogP contribution in [0.25, 0.3) is 16.5 Å². The third-order valence-corrected chi connectivity index (χ3v) is 6.05. The molecule has 0 atom stereocenters. The van der Waals surface area contributed by atoms with Gasteiger partial charge in [0.2, 0.25) is 0 Å². The number of amides is 1. The summed E-state index contributed by atoms with van der Waals surface area (Å²) in [5, 5.41) is 9.50. The van der Waals surface area contributed by atoms with Crippen molar-refractivity contribution < 1.29 is 23.8 Å². The number of rotatable bonds is 8. The van der Waals surface area contributed by atoms with Gasteiger partial charge in [-0.3, -0.25) is 9.59 Å². The molecule has 0 aliphatic carbocycles. The topological polar surface area (TPSA) is 109 Å². The Bertz CT molecular complexity index is 1460. The van der Waals surface area contributed by atoms with Crippen LogP contribution >= 0.6 is 11.3 Å². The second-order valence-corrected chi connectivity index (χ2v) is 8.86. The maximum atomic E-state index is 13.5. The largest absolute Gasteiger partial charge is 0.497 e. The first-order valence-corrected chi connectivity index (χ1v) is 12.1. The lowest BCUT2D eigenvalue weighted by Crippen LogP contribution is -2.25. The van der Waals surface area contributed by atoms with E-state index in [0.29, 0.717) is 33.1 Å². The minimum atomic E-state index is -0.666. The molecule has 10 heteroatoms. The molecular formula is C26H25N3O6S. The Kier molecular flexibility index (Phi) is 7.35. The zero-order valence-corrected chi connectivity index (χ0v) is 21.0. The Labute approximate surface area is 211 Å². The molecule has 0 aliphatic heterocycles. The number of anilines is 1. The smallest absolute Gasteiger partial charge is 0.359 e. The van der Waals surface area contributed by atoms with Crippen molar-refractivity contribution in [3.63, 3.8) is 0 Å². The summed E-state index contributed by atoms with van der Waals surface area (Å²) >= 11 is 1.13. The van der Waals surface area contributed by atoms with E-state index in [-0.39, 0.29) is 23.8 Å². The summed E-state index contributed by atoms with van der Waals surface area (Å²) in [5.41, 5.74) is 0.315. The molecule has 9 nitrogen and oxygen atoms in total. The monoisotopic (exact) mass is 507 g/mol. The molecule has 1 amide bonds. The SMILES string of the molecule is CCOC(=O)c1nn(-c2ccc(OC)cc2)c(=O)c2c(NC(=O)c3ccc(OC(C)C)cc3)scc12. The first kappa shape index (κ1) is 24.9. The zero-order chi connectivity index (χ0) is 25.8. The summed E-state index contributed by atoms with van der Waals surface area (Å²) in [5.74, 6) is 0.184. The number of hydrogen-bond donors (Lipinski definition) is 1. The number of nitrogens with one attached hydrogen (secondary N) is 1. The van der Waals surface area contributed by atoms with Crippen molar-refractivity contribution >= 4 is 39.0 Å². The molecule has 4 rings (SSSR count). The quantitative estimate of drug-likeness (QED) is 0.345. The lowest BCUT2D eigenvalue weighted by molar-refractivity contribution is 0.0520. The number of benzene rings is 2. The van der Waals surface area contributed by atoms with Crippen LogP contribution in [0.1, 0.15) is 41.6 Å². The minimum Gasteiger partial charge on any atom is -0.497 e. The number of carbonyl (C=O) groups is 2. The molecular weight excluding hydrogens is 482 g/mol. The van der Waals surface area contributed by atoms with Crippen molar-refractivity contribution in [2.45, 2.75) is 26.9 Å². The number of methoxy groups -OCH3 is 1. The van der Waals surface area contributed by atoms with Crippen LogP contribution in [0.4, 0.5) is 5.00 Å². The van der Waals surface area contributed by atoms with Gasteiger partial charge in [-0.1, -0.05) is 0 Å². The van der Waals surface area contributed by atoms with E-state index in [9.17, 15) is 14.4 Å². The van der Waals surface area contributed by atoms with E-state index >= 15 is 0 Å². The molecule has 2 heterocycles. The van der Waals surface area contributed by atoms with Gasteiger partial charge in [0, 0.05) is 16.3 Å². The molecule has 0 spiro atoms. The standard InChI is InChI=1S/C26H25N3O6S/c1-5-34-26(32)22-20-14-36-24(27-23(30)16-6-10-19(11-7-16)35-15(2)3)21(20)25(31)29(28-22)17-8-12-18(33-4)13-9-17/h6-15H,5H2,1-4H3,(H,27,30). The van der Waals surface area contributed by atoms with Gasteiger partial charge < -0.3 is 19.5 Å². The average molecular weight is 508 g/mol. The molecule has 0 radical (unpaired) electrons. The normalized spacial score (nSPS) is 10.9. The molecule has 0 saturated carbocycles. The summed E-state index contributed by atoms with van der Waals surface area (Å²) in [6.45, 7) is 5.67. The molecule has 1 N–H and O–H groups in total. The van der Waals surface area contributed by atoms with Gasteiger partial charge in [0.15, 0.2) is 5.69 Å². The Morgan fingerprint density at radius 2 is 1.72 bits per heavy atom. The molecule has 36 heavy (non-hydrogen) atoms. The van der Waals surface area contributed by atoms with Crippen molar-refractivity contribution in [2.24, 2.45) is 0 Å². The number of carbonyl (C=O) groups excluding carboxylic acids is 2. The van der Waals surface area contributed by atoms with Gasteiger partial charge in [0.1, 0.15) is 16.5 Å². The van der Waals surface area contributed by atoms with Gasteiger partial charge in [0.25, 0.3) is 11.5 Å². The van der Waals surface area contributed by atoms with E-state index in [1.807, 2.05) is 13.8 Å². The van der Waals surface area contributed by atoms with Gasteiger partial charge in [-0.05, 0) is 69.3 Å². The fraction of sp³-hybridized carbons (Fsp3) is 0.231. The Morgan fingerprint density at radius 1 is 1.06 bits per heavy atom. The van der Waals surface area contributed by atoms with E-state index < -0.39 is 17.4 Å². The molecule has 0 bridgehead atoms. The maximum Gasteiger partial charge on any atom is 0.359 e. The van der Waals surface area contributed by atoms with Gasteiger partial charge in [-0.25, -0.2) is 4.79 Å². The highest BCUT2D eigenvalue weighted by Gasteiger charge is 2.23. The highest BCUT2D eigenvalue weighted by molar-refractivity contribution is 7.16. The predicted molar refractivity (Wildman–Crippen MR) is 138 cm³/mol. The summed E-state index contributed by atoms with van der Waals surface area (Å²) in [4.78, 5) is 39.2. The number of ether oxygens (including phenoxy) is 3. The van der Waals surface area contributed by atoms with Crippen LogP contribution in [0.5, 0.6) is 11.5 Å². The average Bonchev–Trinajstić information content (AvgIpc) is 3.28. The van der Waals surface area contributed by atoms with Gasteiger partial charge in [0.05, 0.1) is 30.9 Å². The second kappa shape index (κ2) is 10.6. The van der Waals surface area contributed by atoms with Crippen LogP contribution < -0.4 is 20.3 Å². The van der Waals surface area contributed by atoms with Crippen LogP contribution in [-0.4, -0.2) is 41.5 Å². The summed E-state index contributed by atoms with van der Waals surface area (Å²) in [6.07, 6.45) is 0.0113. The van der Waals surface area contributed by atoms with E-state index in [2.05, 4.69) is 10.4 Å². The number of hydrogen-bond acceptors (Lipinski definition) is 8. The Morgan fingerprint density at radius 3 is 2.33 bits per heavy atom. The fourth-order valence-corrected chi connectivity index (χ4v) is 4.45. The van der Waals surface area contributed by atoms with Gasteiger partial charge >= 0.3 is 5.97 Å². The van der Waals surface area contributed by atoms with Crippen molar-refractivity contribution in [1.29, 1.82) is 0 Å². The number of esters is 1. The fourth-order valence-electron chi connectivity index (χ4n) is 3.52.